The number of rotatable bonds is 1. The van der Waals surface area contributed by atoms with E-state index in [1.165, 1.54) is 13.8 Å². The molecule has 0 spiro atoms. The van der Waals surface area contributed by atoms with Gasteiger partial charge in [-0.15, -0.1) is 0 Å². The molecule has 0 saturated carbocycles. The summed E-state index contributed by atoms with van der Waals surface area (Å²) in [5.74, 6) is -2.13. The molecule has 0 bridgehead atoms. The maximum absolute atomic E-state index is 10.6. The molecule has 15 heavy (non-hydrogen) atoms. The van der Waals surface area contributed by atoms with E-state index in [2.05, 4.69) is 9.47 Å². The van der Waals surface area contributed by atoms with Crippen LogP contribution in [0.25, 0.3) is 0 Å². The minimum absolute atomic E-state index is 0.273. The van der Waals surface area contributed by atoms with Crippen LogP contribution in [-0.2, 0) is 23.9 Å². The first-order valence-corrected chi connectivity index (χ1v) is 4.76. The molecule has 86 valence electrons. The largest absolute Gasteiger partial charge is 0.423 e. The van der Waals surface area contributed by atoms with E-state index in [0.717, 1.165) is 0 Å². The number of cyclic esters (lactones) is 2. The molecule has 0 atom stereocenters. The molecule has 1 rings (SSSR count). The van der Waals surface area contributed by atoms with Gasteiger partial charge in [0.05, 0.1) is 0 Å². The van der Waals surface area contributed by atoms with Crippen molar-refractivity contribution in [3.63, 3.8) is 0 Å². The smallest absolute Gasteiger partial charge is 0.320 e. The van der Waals surface area contributed by atoms with Gasteiger partial charge in [-0.25, -0.2) is 0 Å². The summed E-state index contributed by atoms with van der Waals surface area (Å²) in [6.07, 6.45) is 0.158. The van der Waals surface area contributed by atoms with Crippen LogP contribution in [0.5, 0.6) is 0 Å². The van der Waals surface area contributed by atoms with Gasteiger partial charge in [-0.05, 0) is 11.6 Å². The second kappa shape index (κ2) is 5.70. The average Bonchev–Trinajstić information content (AvgIpc) is 2.00. The lowest BCUT2D eigenvalue weighted by Gasteiger charge is -2.28. The summed E-state index contributed by atoms with van der Waals surface area (Å²) in [6.45, 7) is 4.75. The first-order valence-electron chi connectivity index (χ1n) is 4.39. The van der Waals surface area contributed by atoms with E-state index >= 15 is 0 Å². The Morgan fingerprint density at radius 1 is 1.33 bits per heavy atom. The summed E-state index contributed by atoms with van der Waals surface area (Å²) < 4.78 is 9.32. The first kappa shape index (κ1) is 13.9. The van der Waals surface area contributed by atoms with Crippen molar-refractivity contribution in [1.82, 2.24) is 0 Å². The van der Waals surface area contributed by atoms with Crippen molar-refractivity contribution in [2.24, 2.45) is 0 Å². The Morgan fingerprint density at radius 3 is 1.87 bits per heavy atom. The third-order valence-corrected chi connectivity index (χ3v) is 1.55. The third kappa shape index (κ3) is 6.90. The topological polar surface area (TPSA) is 69.7 Å². The Balaban J connectivity index is 0.000000336. The lowest BCUT2D eigenvalue weighted by Crippen LogP contribution is -2.39. The minimum atomic E-state index is -1.08. The number of carbonyl (C=O) groups is 3. The molecule has 0 amide bonds. The van der Waals surface area contributed by atoms with Crippen LogP contribution < -0.4 is 0 Å². The van der Waals surface area contributed by atoms with Crippen LogP contribution in [-0.4, -0.2) is 23.0 Å². The fraction of sp³-hybridized carbons (Fsp3) is 0.667. The predicted molar refractivity (Wildman–Crippen MR) is 52.0 cm³/mol. The molecule has 1 fully saturated rings. The van der Waals surface area contributed by atoms with E-state index in [1.807, 2.05) is 0 Å². The van der Waals surface area contributed by atoms with Gasteiger partial charge < -0.3 is 9.47 Å². The van der Waals surface area contributed by atoms with Crippen LogP contribution in [0.15, 0.2) is 0 Å². The molecule has 6 heteroatoms. The monoisotopic (exact) mass is 236 g/mol. The van der Waals surface area contributed by atoms with Gasteiger partial charge in [-0.2, -0.15) is 0 Å². The Hall–Kier alpha value is -1.10. The molecule has 0 aromatic carbocycles. The highest BCUT2D eigenvalue weighted by Gasteiger charge is 2.34. The van der Waals surface area contributed by atoms with Crippen LogP contribution >= 0.6 is 11.6 Å². The number of esters is 2. The van der Waals surface area contributed by atoms with E-state index in [1.54, 1.807) is 6.92 Å². The summed E-state index contributed by atoms with van der Waals surface area (Å²) in [6, 6.07) is 0. The summed E-state index contributed by atoms with van der Waals surface area (Å²) >= 11 is 4.82. The van der Waals surface area contributed by atoms with E-state index < -0.39 is 17.7 Å². The maximum atomic E-state index is 10.6. The summed E-state index contributed by atoms with van der Waals surface area (Å²) in [5.41, 5.74) is 0. The molecule has 0 N–H and O–H groups in total. The number of halogens is 1. The van der Waals surface area contributed by atoms with Crippen LogP contribution in [0.4, 0.5) is 0 Å². The van der Waals surface area contributed by atoms with E-state index in [9.17, 15) is 14.4 Å². The SMILES string of the molecule is CC1(C)OC(=O)CC(=O)O1.CCC(=O)Cl. The minimum Gasteiger partial charge on any atom is -0.423 e. The predicted octanol–water partition coefficient (Wildman–Crippen LogP) is 1.37. The molecular weight excluding hydrogens is 224 g/mol. The molecule has 1 saturated heterocycles. The quantitative estimate of drug-likeness (QED) is 0.391. The fourth-order valence-electron chi connectivity index (χ4n) is 0.759. The molecule has 0 radical (unpaired) electrons. The Bertz CT molecular complexity index is 254. The van der Waals surface area contributed by atoms with Gasteiger partial charge in [-0.1, -0.05) is 6.92 Å². The molecule has 0 aromatic rings. The Kier molecular flexibility index (Phi) is 5.28. The standard InChI is InChI=1S/C6H8O4.C3H5ClO/c1-6(2)9-4(7)3-5(8)10-6;1-2-3(4)5/h3H2,1-2H3;2H2,1H3. The zero-order valence-corrected chi connectivity index (χ0v) is 9.59. The molecule has 1 aliphatic rings. The van der Waals surface area contributed by atoms with Crippen molar-refractivity contribution in [2.75, 3.05) is 0 Å². The van der Waals surface area contributed by atoms with Crippen molar-refractivity contribution < 1.29 is 23.9 Å². The van der Waals surface area contributed by atoms with Crippen LogP contribution in [0.3, 0.4) is 0 Å². The highest BCUT2D eigenvalue weighted by Crippen LogP contribution is 2.18. The van der Waals surface area contributed by atoms with E-state index in [-0.39, 0.29) is 11.7 Å². The van der Waals surface area contributed by atoms with E-state index in [4.69, 9.17) is 11.6 Å². The molecular formula is C9H13ClO5. The van der Waals surface area contributed by atoms with Gasteiger partial charge in [0.1, 0.15) is 6.42 Å². The summed E-state index contributed by atoms with van der Waals surface area (Å²) in [5, 5.41) is -0.273. The van der Waals surface area contributed by atoms with Gasteiger partial charge >= 0.3 is 11.9 Å². The van der Waals surface area contributed by atoms with Crippen LogP contribution in [0.2, 0.25) is 0 Å². The van der Waals surface area contributed by atoms with Gasteiger partial charge in [0.25, 0.3) is 5.79 Å². The maximum Gasteiger partial charge on any atom is 0.320 e. The Labute approximate surface area is 92.7 Å². The fourth-order valence-corrected chi connectivity index (χ4v) is 0.759. The Morgan fingerprint density at radius 2 is 1.67 bits per heavy atom. The molecule has 0 unspecified atom stereocenters. The lowest BCUT2D eigenvalue weighted by molar-refractivity contribution is -0.231. The molecule has 0 aliphatic carbocycles. The van der Waals surface area contributed by atoms with Gasteiger partial charge in [-0.3, -0.25) is 14.4 Å². The number of carbonyl (C=O) groups excluding carboxylic acids is 3. The number of ether oxygens (including phenoxy) is 2. The molecule has 1 heterocycles. The second-order valence-corrected chi connectivity index (χ2v) is 3.65. The van der Waals surface area contributed by atoms with Crippen LogP contribution in [0, 0.1) is 0 Å². The molecule has 5 nitrogen and oxygen atoms in total. The van der Waals surface area contributed by atoms with E-state index in [0.29, 0.717) is 6.42 Å². The van der Waals surface area contributed by atoms with Gasteiger partial charge in [0, 0.05) is 20.3 Å². The normalized spacial score (nSPS) is 18.1. The van der Waals surface area contributed by atoms with Crippen LogP contribution in [0.1, 0.15) is 33.6 Å². The summed E-state index contributed by atoms with van der Waals surface area (Å²) in [7, 11) is 0. The van der Waals surface area contributed by atoms with Crippen molar-refractivity contribution in [3.05, 3.63) is 0 Å². The molecule has 0 aromatic heterocycles. The van der Waals surface area contributed by atoms with Crippen molar-refractivity contribution >= 4 is 28.8 Å². The number of hydrogen-bond donors (Lipinski definition) is 0. The third-order valence-electron chi connectivity index (χ3n) is 1.29. The number of hydrogen-bond acceptors (Lipinski definition) is 5. The zero-order chi connectivity index (χ0) is 12.1. The highest BCUT2D eigenvalue weighted by atomic mass is 35.5. The first-order chi connectivity index (χ1) is 6.76. The highest BCUT2D eigenvalue weighted by molar-refractivity contribution is 6.63. The van der Waals surface area contributed by atoms with Crippen molar-refractivity contribution in [3.8, 4) is 0 Å². The average molecular weight is 237 g/mol. The van der Waals surface area contributed by atoms with Gasteiger partial charge in [0.2, 0.25) is 5.24 Å². The lowest BCUT2D eigenvalue weighted by atomic mass is 10.3. The van der Waals surface area contributed by atoms with Crippen molar-refractivity contribution in [1.29, 1.82) is 0 Å². The van der Waals surface area contributed by atoms with Crippen molar-refractivity contribution in [2.45, 2.75) is 39.4 Å². The second-order valence-electron chi connectivity index (χ2n) is 3.23. The van der Waals surface area contributed by atoms with Gasteiger partial charge in [0.15, 0.2) is 0 Å². The zero-order valence-electron chi connectivity index (χ0n) is 8.83. The molecule has 1 aliphatic heterocycles. The summed E-state index contributed by atoms with van der Waals surface area (Å²) in [4.78, 5) is 30.7.